The number of halogens is 2. The summed E-state index contributed by atoms with van der Waals surface area (Å²) >= 11 is 9.44. The standard InChI is InChI=1S/C20H17BrClN5O3/c21-14-4-6-17(7-5-14)30-20-18(27(28)29)19(23-13-24-20)26-10-8-25(9-11-26)16-3-1-2-15(22)12-16/h1-7,12-13H,8-11H2. The summed E-state index contributed by atoms with van der Waals surface area (Å²) in [5.41, 5.74) is 0.787. The van der Waals surface area contributed by atoms with E-state index in [9.17, 15) is 10.1 Å². The Balaban J connectivity index is 1.55. The number of aromatic nitrogens is 2. The molecule has 1 aromatic heterocycles. The summed E-state index contributed by atoms with van der Waals surface area (Å²) in [6, 6.07) is 14.6. The molecule has 0 radical (unpaired) electrons. The Morgan fingerprint density at radius 1 is 1.03 bits per heavy atom. The van der Waals surface area contributed by atoms with Gasteiger partial charge in [-0.2, -0.15) is 4.98 Å². The van der Waals surface area contributed by atoms with Crippen LogP contribution in [0, 0.1) is 10.1 Å². The molecule has 3 aromatic rings. The molecule has 0 spiro atoms. The minimum Gasteiger partial charge on any atom is -0.434 e. The highest BCUT2D eigenvalue weighted by molar-refractivity contribution is 9.10. The van der Waals surface area contributed by atoms with Crippen molar-refractivity contribution in [3.8, 4) is 11.6 Å². The Morgan fingerprint density at radius 2 is 1.73 bits per heavy atom. The van der Waals surface area contributed by atoms with E-state index in [-0.39, 0.29) is 17.4 Å². The first-order valence-electron chi connectivity index (χ1n) is 9.19. The molecule has 2 heterocycles. The van der Waals surface area contributed by atoms with E-state index in [2.05, 4.69) is 30.8 Å². The molecule has 0 N–H and O–H groups in total. The topological polar surface area (TPSA) is 84.6 Å². The third-order valence-electron chi connectivity index (χ3n) is 4.73. The van der Waals surface area contributed by atoms with Gasteiger partial charge in [-0.3, -0.25) is 10.1 Å². The second-order valence-electron chi connectivity index (χ2n) is 6.62. The normalized spacial score (nSPS) is 13.9. The summed E-state index contributed by atoms with van der Waals surface area (Å²) in [4.78, 5) is 23.6. The van der Waals surface area contributed by atoms with Crippen molar-refractivity contribution in [2.24, 2.45) is 0 Å². The average Bonchev–Trinajstić information content (AvgIpc) is 2.75. The molecule has 0 unspecified atom stereocenters. The molecular weight excluding hydrogens is 474 g/mol. The lowest BCUT2D eigenvalue weighted by Crippen LogP contribution is -2.47. The van der Waals surface area contributed by atoms with Gasteiger partial charge in [0.2, 0.25) is 5.82 Å². The number of anilines is 2. The number of ether oxygens (including phenoxy) is 1. The molecule has 30 heavy (non-hydrogen) atoms. The molecule has 1 saturated heterocycles. The van der Waals surface area contributed by atoms with Gasteiger partial charge in [-0.15, -0.1) is 0 Å². The molecule has 8 nitrogen and oxygen atoms in total. The second-order valence-corrected chi connectivity index (χ2v) is 7.97. The lowest BCUT2D eigenvalue weighted by Gasteiger charge is -2.36. The number of hydrogen-bond acceptors (Lipinski definition) is 7. The second kappa shape index (κ2) is 8.85. The van der Waals surface area contributed by atoms with Crippen molar-refractivity contribution in [3.05, 3.63) is 74.5 Å². The molecule has 1 fully saturated rings. The van der Waals surface area contributed by atoms with E-state index in [4.69, 9.17) is 16.3 Å². The first-order chi connectivity index (χ1) is 14.5. The summed E-state index contributed by atoms with van der Waals surface area (Å²) in [6.07, 6.45) is 1.29. The molecule has 0 amide bonds. The summed E-state index contributed by atoms with van der Waals surface area (Å²) < 4.78 is 6.58. The van der Waals surface area contributed by atoms with Gasteiger partial charge in [-0.1, -0.05) is 33.6 Å². The zero-order chi connectivity index (χ0) is 21.1. The van der Waals surface area contributed by atoms with Crippen LogP contribution in [0.15, 0.2) is 59.3 Å². The molecule has 1 aliphatic heterocycles. The first-order valence-corrected chi connectivity index (χ1v) is 10.4. The van der Waals surface area contributed by atoms with Crippen LogP contribution in [0.25, 0.3) is 0 Å². The Labute approximate surface area is 186 Å². The predicted molar refractivity (Wildman–Crippen MR) is 119 cm³/mol. The molecule has 0 saturated carbocycles. The summed E-state index contributed by atoms with van der Waals surface area (Å²) in [5, 5.41) is 12.5. The molecule has 0 bridgehead atoms. The highest BCUT2D eigenvalue weighted by Crippen LogP contribution is 2.36. The third-order valence-corrected chi connectivity index (χ3v) is 5.50. The van der Waals surface area contributed by atoms with E-state index in [1.807, 2.05) is 29.2 Å². The van der Waals surface area contributed by atoms with Gasteiger partial charge < -0.3 is 14.5 Å². The van der Waals surface area contributed by atoms with Crippen molar-refractivity contribution >= 4 is 44.7 Å². The number of rotatable bonds is 5. The van der Waals surface area contributed by atoms with E-state index in [1.165, 1.54) is 6.33 Å². The van der Waals surface area contributed by atoms with Crippen molar-refractivity contribution in [2.75, 3.05) is 36.0 Å². The molecule has 4 rings (SSSR count). The largest absolute Gasteiger partial charge is 0.434 e. The third kappa shape index (κ3) is 4.47. The first kappa shape index (κ1) is 20.4. The number of hydrogen-bond donors (Lipinski definition) is 0. The Kier molecular flexibility index (Phi) is 6.01. The van der Waals surface area contributed by atoms with Gasteiger partial charge in [0.05, 0.1) is 4.92 Å². The Hall–Kier alpha value is -2.91. The van der Waals surface area contributed by atoms with E-state index in [0.717, 1.165) is 10.2 Å². The van der Waals surface area contributed by atoms with Gasteiger partial charge in [0, 0.05) is 41.4 Å². The summed E-state index contributed by atoms with van der Waals surface area (Å²) in [7, 11) is 0. The van der Waals surface area contributed by atoms with E-state index in [0.29, 0.717) is 37.0 Å². The fraction of sp³-hybridized carbons (Fsp3) is 0.200. The van der Waals surface area contributed by atoms with Gasteiger partial charge >= 0.3 is 11.6 Å². The molecular formula is C20H17BrClN5O3. The van der Waals surface area contributed by atoms with Gasteiger partial charge in [0.15, 0.2) is 0 Å². The fourth-order valence-corrected chi connectivity index (χ4v) is 3.73. The maximum absolute atomic E-state index is 11.8. The van der Waals surface area contributed by atoms with Gasteiger partial charge in [0.1, 0.15) is 12.1 Å². The lowest BCUT2D eigenvalue weighted by atomic mass is 10.2. The maximum Gasteiger partial charge on any atom is 0.373 e. The quantitative estimate of drug-likeness (QED) is 0.371. The smallest absolute Gasteiger partial charge is 0.373 e. The molecule has 10 heteroatoms. The van der Waals surface area contributed by atoms with Crippen LogP contribution in [0.2, 0.25) is 5.02 Å². The molecule has 2 aromatic carbocycles. The molecule has 0 atom stereocenters. The number of nitro groups is 1. The number of benzene rings is 2. The van der Waals surface area contributed by atoms with Crippen molar-refractivity contribution in [2.45, 2.75) is 0 Å². The molecule has 154 valence electrons. The average molecular weight is 491 g/mol. The zero-order valence-electron chi connectivity index (χ0n) is 15.7. The van der Waals surface area contributed by atoms with Gasteiger partial charge in [-0.05, 0) is 42.5 Å². The number of piperazine rings is 1. The van der Waals surface area contributed by atoms with E-state index < -0.39 is 4.92 Å². The Bertz CT molecular complexity index is 1060. The van der Waals surface area contributed by atoms with Crippen LogP contribution in [-0.2, 0) is 0 Å². The SMILES string of the molecule is O=[N+]([O-])c1c(Oc2ccc(Br)cc2)ncnc1N1CCN(c2cccc(Cl)c2)CC1. The minimum absolute atomic E-state index is 0.0791. The van der Waals surface area contributed by atoms with Gasteiger partial charge in [0.25, 0.3) is 0 Å². The zero-order valence-corrected chi connectivity index (χ0v) is 18.1. The minimum atomic E-state index is -0.493. The van der Waals surface area contributed by atoms with Crippen LogP contribution in [0.5, 0.6) is 11.6 Å². The van der Waals surface area contributed by atoms with Crippen LogP contribution in [0.4, 0.5) is 17.2 Å². The molecule has 0 aliphatic carbocycles. The van der Waals surface area contributed by atoms with Crippen LogP contribution < -0.4 is 14.5 Å². The van der Waals surface area contributed by atoms with E-state index in [1.54, 1.807) is 24.3 Å². The lowest BCUT2D eigenvalue weighted by molar-refractivity contribution is -0.385. The van der Waals surface area contributed by atoms with E-state index >= 15 is 0 Å². The number of nitrogens with zero attached hydrogens (tertiary/aromatic N) is 5. The maximum atomic E-state index is 11.8. The molecule has 1 aliphatic rings. The fourth-order valence-electron chi connectivity index (χ4n) is 3.28. The summed E-state index contributed by atoms with van der Waals surface area (Å²) in [6.45, 7) is 2.51. The van der Waals surface area contributed by atoms with Crippen LogP contribution in [0.3, 0.4) is 0 Å². The van der Waals surface area contributed by atoms with Crippen molar-refractivity contribution in [1.82, 2.24) is 9.97 Å². The van der Waals surface area contributed by atoms with Crippen molar-refractivity contribution in [1.29, 1.82) is 0 Å². The van der Waals surface area contributed by atoms with Crippen LogP contribution >= 0.6 is 27.5 Å². The van der Waals surface area contributed by atoms with Crippen molar-refractivity contribution < 1.29 is 9.66 Å². The van der Waals surface area contributed by atoms with Crippen molar-refractivity contribution in [3.63, 3.8) is 0 Å². The monoisotopic (exact) mass is 489 g/mol. The highest BCUT2D eigenvalue weighted by atomic mass is 79.9. The summed E-state index contributed by atoms with van der Waals surface area (Å²) in [5.74, 6) is 0.633. The van der Waals surface area contributed by atoms with Crippen LogP contribution in [-0.4, -0.2) is 41.1 Å². The van der Waals surface area contributed by atoms with Gasteiger partial charge in [-0.25, -0.2) is 4.98 Å². The highest BCUT2D eigenvalue weighted by Gasteiger charge is 2.30. The predicted octanol–water partition coefficient (Wildman–Crippen LogP) is 4.92. The van der Waals surface area contributed by atoms with Crippen LogP contribution in [0.1, 0.15) is 0 Å². The Morgan fingerprint density at radius 3 is 2.40 bits per heavy atom.